The Balaban J connectivity index is 2.33. The molecule has 5 heteroatoms. The summed E-state index contributed by atoms with van der Waals surface area (Å²) in [7, 11) is -1.97. The van der Waals surface area contributed by atoms with Crippen LogP contribution in [0, 0.1) is 13.8 Å². The van der Waals surface area contributed by atoms with E-state index in [0.717, 1.165) is 16.7 Å². The van der Waals surface area contributed by atoms with Gasteiger partial charge in [0.1, 0.15) is 0 Å². The van der Waals surface area contributed by atoms with Gasteiger partial charge in [-0.2, -0.15) is 4.31 Å². The fraction of sp³-hybridized carbons (Fsp3) is 0.250. The van der Waals surface area contributed by atoms with Crippen LogP contribution < -0.4 is 5.73 Å². The van der Waals surface area contributed by atoms with Crippen LogP contribution in [0.1, 0.15) is 16.7 Å². The van der Waals surface area contributed by atoms with Crippen molar-refractivity contribution in [1.82, 2.24) is 4.31 Å². The van der Waals surface area contributed by atoms with Crippen molar-refractivity contribution < 1.29 is 8.42 Å². The zero-order valence-corrected chi connectivity index (χ0v) is 13.3. The predicted octanol–water partition coefficient (Wildman–Crippen LogP) is 2.71. The Morgan fingerprint density at radius 3 is 2.29 bits per heavy atom. The Bertz CT molecular complexity index is 717. The largest absolute Gasteiger partial charge is 0.398 e. The van der Waals surface area contributed by atoms with Gasteiger partial charge in [0.2, 0.25) is 10.0 Å². The molecule has 0 saturated carbocycles. The van der Waals surface area contributed by atoms with E-state index in [4.69, 9.17) is 5.73 Å². The molecule has 0 heterocycles. The number of sulfonamides is 1. The number of anilines is 1. The van der Waals surface area contributed by atoms with Gasteiger partial charge in [-0.25, -0.2) is 8.42 Å². The fourth-order valence-corrected chi connectivity index (χ4v) is 3.39. The molecule has 0 amide bonds. The second kappa shape index (κ2) is 5.87. The second-order valence-electron chi connectivity index (χ2n) is 5.20. The van der Waals surface area contributed by atoms with Crippen molar-refractivity contribution in [2.24, 2.45) is 0 Å². The highest BCUT2D eigenvalue weighted by Crippen LogP contribution is 2.24. The van der Waals surface area contributed by atoms with E-state index in [-0.39, 0.29) is 4.90 Å². The minimum atomic E-state index is -3.55. The number of hydrogen-bond acceptors (Lipinski definition) is 3. The summed E-state index contributed by atoms with van der Waals surface area (Å²) in [6, 6.07) is 12.7. The molecular weight excluding hydrogens is 284 g/mol. The minimum Gasteiger partial charge on any atom is -0.398 e. The van der Waals surface area contributed by atoms with Crippen molar-refractivity contribution >= 4 is 15.7 Å². The van der Waals surface area contributed by atoms with Crippen molar-refractivity contribution in [3.8, 4) is 0 Å². The van der Waals surface area contributed by atoms with Crippen LogP contribution in [0.15, 0.2) is 47.4 Å². The molecule has 0 unspecified atom stereocenters. The SMILES string of the molecule is Cc1cc(S(=O)(=O)N(C)Cc2ccccc2)cc(N)c1C. The summed E-state index contributed by atoms with van der Waals surface area (Å²) < 4.78 is 26.6. The lowest BCUT2D eigenvalue weighted by molar-refractivity contribution is 0.466. The summed E-state index contributed by atoms with van der Waals surface area (Å²) in [4.78, 5) is 0.238. The van der Waals surface area contributed by atoms with E-state index in [1.165, 1.54) is 10.4 Å². The Morgan fingerprint density at radius 2 is 1.71 bits per heavy atom. The lowest BCUT2D eigenvalue weighted by Crippen LogP contribution is -2.26. The molecule has 4 nitrogen and oxygen atoms in total. The Morgan fingerprint density at radius 1 is 1.10 bits per heavy atom. The van der Waals surface area contributed by atoms with Crippen molar-refractivity contribution in [3.63, 3.8) is 0 Å². The minimum absolute atomic E-state index is 0.238. The molecule has 0 aliphatic carbocycles. The molecule has 0 aromatic heterocycles. The third-order valence-corrected chi connectivity index (χ3v) is 5.42. The van der Waals surface area contributed by atoms with Crippen LogP contribution in [-0.4, -0.2) is 19.8 Å². The van der Waals surface area contributed by atoms with Crippen molar-refractivity contribution in [2.75, 3.05) is 12.8 Å². The molecule has 0 atom stereocenters. The van der Waals surface area contributed by atoms with Crippen LogP contribution in [0.2, 0.25) is 0 Å². The van der Waals surface area contributed by atoms with E-state index < -0.39 is 10.0 Å². The fourth-order valence-electron chi connectivity index (χ4n) is 2.11. The van der Waals surface area contributed by atoms with Gasteiger partial charge in [0.15, 0.2) is 0 Å². The first-order valence-electron chi connectivity index (χ1n) is 6.69. The zero-order valence-electron chi connectivity index (χ0n) is 12.5. The second-order valence-corrected chi connectivity index (χ2v) is 7.25. The molecular formula is C16H20N2O2S. The molecule has 0 saturated heterocycles. The maximum atomic E-state index is 12.6. The average molecular weight is 304 g/mol. The topological polar surface area (TPSA) is 63.4 Å². The van der Waals surface area contributed by atoms with Gasteiger partial charge in [-0.3, -0.25) is 0 Å². The van der Waals surface area contributed by atoms with E-state index in [2.05, 4.69) is 0 Å². The van der Waals surface area contributed by atoms with Crippen molar-refractivity contribution in [3.05, 3.63) is 59.2 Å². The number of nitrogens with zero attached hydrogens (tertiary/aromatic N) is 1. The summed E-state index contributed by atoms with van der Waals surface area (Å²) in [5.74, 6) is 0. The predicted molar refractivity (Wildman–Crippen MR) is 85.4 cm³/mol. The first-order valence-corrected chi connectivity index (χ1v) is 8.13. The van der Waals surface area contributed by atoms with Gasteiger partial charge in [-0.15, -0.1) is 0 Å². The van der Waals surface area contributed by atoms with E-state index in [1.54, 1.807) is 13.1 Å². The molecule has 2 rings (SSSR count). The standard InChI is InChI=1S/C16H20N2O2S/c1-12-9-15(10-16(17)13(12)2)21(19,20)18(3)11-14-7-5-4-6-8-14/h4-10H,11,17H2,1-3H3. The highest BCUT2D eigenvalue weighted by molar-refractivity contribution is 7.89. The maximum absolute atomic E-state index is 12.6. The van der Waals surface area contributed by atoms with Crippen molar-refractivity contribution in [1.29, 1.82) is 0 Å². The lowest BCUT2D eigenvalue weighted by atomic mass is 10.1. The Hall–Kier alpha value is -1.85. The first kappa shape index (κ1) is 15.5. The van der Waals surface area contributed by atoms with Crippen LogP contribution >= 0.6 is 0 Å². The molecule has 112 valence electrons. The summed E-state index contributed by atoms with van der Waals surface area (Å²) in [6.45, 7) is 4.08. The zero-order chi connectivity index (χ0) is 15.6. The van der Waals surface area contributed by atoms with Gasteiger partial charge in [-0.1, -0.05) is 30.3 Å². The number of hydrogen-bond donors (Lipinski definition) is 1. The number of benzene rings is 2. The summed E-state index contributed by atoms with van der Waals surface area (Å²) in [5, 5.41) is 0. The number of aryl methyl sites for hydroxylation is 1. The summed E-state index contributed by atoms with van der Waals surface area (Å²) >= 11 is 0. The van der Waals surface area contributed by atoms with Gasteiger partial charge < -0.3 is 5.73 Å². The smallest absolute Gasteiger partial charge is 0.243 e. The van der Waals surface area contributed by atoms with Gasteiger partial charge in [-0.05, 0) is 42.7 Å². The van der Waals surface area contributed by atoms with Gasteiger partial charge >= 0.3 is 0 Å². The summed E-state index contributed by atoms with van der Waals surface area (Å²) in [5.41, 5.74) is 9.13. The van der Waals surface area contributed by atoms with Crippen LogP contribution in [0.4, 0.5) is 5.69 Å². The lowest BCUT2D eigenvalue weighted by Gasteiger charge is -2.18. The molecule has 2 aromatic carbocycles. The quantitative estimate of drug-likeness (QED) is 0.883. The number of nitrogen functional groups attached to an aromatic ring is 1. The average Bonchev–Trinajstić information content (AvgIpc) is 2.45. The van der Waals surface area contributed by atoms with E-state index in [9.17, 15) is 8.42 Å². The molecule has 0 spiro atoms. The summed E-state index contributed by atoms with van der Waals surface area (Å²) in [6.07, 6.45) is 0. The third-order valence-electron chi connectivity index (χ3n) is 3.64. The van der Waals surface area contributed by atoms with Crippen LogP contribution in [0.3, 0.4) is 0 Å². The van der Waals surface area contributed by atoms with Gasteiger partial charge in [0.05, 0.1) is 4.90 Å². The molecule has 0 aliphatic rings. The van der Waals surface area contributed by atoms with Crippen molar-refractivity contribution in [2.45, 2.75) is 25.3 Å². The normalized spacial score (nSPS) is 11.8. The molecule has 2 N–H and O–H groups in total. The van der Waals surface area contributed by atoms with Crippen LogP contribution in [0.5, 0.6) is 0 Å². The molecule has 0 aliphatic heterocycles. The maximum Gasteiger partial charge on any atom is 0.243 e. The third kappa shape index (κ3) is 3.25. The Labute approximate surface area is 126 Å². The monoisotopic (exact) mass is 304 g/mol. The molecule has 0 fully saturated rings. The molecule has 2 aromatic rings. The van der Waals surface area contributed by atoms with Gasteiger partial charge in [0, 0.05) is 19.3 Å². The van der Waals surface area contributed by atoms with Crippen LogP contribution in [0.25, 0.3) is 0 Å². The van der Waals surface area contributed by atoms with E-state index >= 15 is 0 Å². The number of nitrogens with two attached hydrogens (primary N) is 1. The highest BCUT2D eigenvalue weighted by Gasteiger charge is 2.22. The highest BCUT2D eigenvalue weighted by atomic mass is 32.2. The molecule has 0 radical (unpaired) electrons. The molecule has 0 bridgehead atoms. The number of rotatable bonds is 4. The first-order chi connectivity index (χ1) is 9.82. The van der Waals surface area contributed by atoms with Gasteiger partial charge in [0.25, 0.3) is 0 Å². The molecule has 21 heavy (non-hydrogen) atoms. The van der Waals surface area contributed by atoms with Crippen LogP contribution in [-0.2, 0) is 16.6 Å². The van der Waals surface area contributed by atoms with E-state index in [0.29, 0.717) is 12.2 Å². The van der Waals surface area contributed by atoms with E-state index in [1.807, 2.05) is 44.2 Å². The Kier molecular flexibility index (Phi) is 4.34.